The molecule has 1 heterocycles. The highest BCUT2D eigenvalue weighted by Gasteiger charge is 2.44. The standard InChI is InChI=1S/C86H167NO8/c1-3-5-7-9-11-13-15-17-19-21-23-25-27-29-31-33-35-37-38-39-40-41-42-44-46-48-50-52-54-56-58-60-62-64-66-68-70-72-74-76-82(90)87-79(78-94-86-85(93)84(92)83(91)81(77-88)95-86)80(89)75-73-71-69-67-65-63-61-59-57-55-53-51-49-47-45-43-36-34-32-30-28-26-24-22-20-18-16-14-12-10-8-6-4-2/h21,23,73,75,79-81,83-86,88-89,91-93H,3-20,22,24-72,74,76-78H2,1-2H3,(H,87,90)/b23-21-,75-73+. The topological polar surface area (TPSA) is 149 Å². The minimum atomic E-state index is -1.57. The highest BCUT2D eigenvalue weighted by Crippen LogP contribution is 2.24. The van der Waals surface area contributed by atoms with Crippen LogP contribution in [-0.2, 0) is 14.3 Å². The van der Waals surface area contributed by atoms with Crippen LogP contribution < -0.4 is 5.32 Å². The fourth-order valence-electron chi connectivity index (χ4n) is 14.3. The quantitative estimate of drug-likeness (QED) is 0.0261. The first-order chi connectivity index (χ1) is 46.8. The Balaban J connectivity index is 2.02. The number of aliphatic hydroxyl groups excluding tert-OH is 5. The largest absolute Gasteiger partial charge is 0.394 e. The van der Waals surface area contributed by atoms with Crippen LogP contribution in [0.15, 0.2) is 24.3 Å². The third-order valence-electron chi connectivity index (χ3n) is 21.0. The molecule has 1 aliphatic rings. The van der Waals surface area contributed by atoms with Crippen molar-refractivity contribution >= 4 is 5.91 Å². The van der Waals surface area contributed by atoms with Crippen molar-refractivity contribution in [2.75, 3.05) is 13.2 Å². The maximum absolute atomic E-state index is 13.2. The van der Waals surface area contributed by atoms with Crippen molar-refractivity contribution in [2.45, 2.75) is 506 Å². The van der Waals surface area contributed by atoms with Crippen LogP contribution >= 0.6 is 0 Å². The Morgan fingerprint density at radius 3 is 0.853 bits per heavy atom. The lowest BCUT2D eigenvalue weighted by atomic mass is 9.99. The molecule has 0 aliphatic carbocycles. The summed E-state index contributed by atoms with van der Waals surface area (Å²) < 4.78 is 11.4. The van der Waals surface area contributed by atoms with Crippen LogP contribution in [0.1, 0.15) is 463 Å². The van der Waals surface area contributed by atoms with Gasteiger partial charge in [0.05, 0.1) is 25.4 Å². The number of nitrogens with one attached hydrogen (secondary N) is 1. The molecule has 1 rings (SSSR count). The Bertz CT molecular complexity index is 1560. The summed E-state index contributed by atoms with van der Waals surface area (Å²) in [5, 5.41) is 55.0. The van der Waals surface area contributed by atoms with Crippen molar-refractivity contribution in [3.05, 3.63) is 24.3 Å². The van der Waals surface area contributed by atoms with Gasteiger partial charge in [-0.05, 0) is 44.9 Å². The first kappa shape index (κ1) is 91.7. The van der Waals surface area contributed by atoms with E-state index >= 15 is 0 Å². The van der Waals surface area contributed by atoms with E-state index in [4.69, 9.17) is 9.47 Å². The zero-order chi connectivity index (χ0) is 68.5. The van der Waals surface area contributed by atoms with E-state index in [0.717, 1.165) is 38.5 Å². The molecule has 1 amide bonds. The summed E-state index contributed by atoms with van der Waals surface area (Å²) in [6, 6.07) is -0.804. The summed E-state index contributed by atoms with van der Waals surface area (Å²) in [6.07, 6.45) is 95.1. The smallest absolute Gasteiger partial charge is 0.220 e. The van der Waals surface area contributed by atoms with Crippen molar-refractivity contribution in [2.24, 2.45) is 0 Å². The highest BCUT2D eigenvalue weighted by atomic mass is 16.7. The molecule has 1 fully saturated rings. The number of unbranched alkanes of at least 4 members (excludes halogenated alkanes) is 66. The predicted molar refractivity (Wildman–Crippen MR) is 410 cm³/mol. The monoisotopic (exact) mass is 1340 g/mol. The van der Waals surface area contributed by atoms with Gasteiger partial charge in [0.15, 0.2) is 6.29 Å². The second-order valence-corrected chi connectivity index (χ2v) is 30.3. The number of rotatable bonds is 78. The number of allylic oxidation sites excluding steroid dienone is 3. The summed E-state index contributed by atoms with van der Waals surface area (Å²) in [7, 11) is 0. The molecular formula is C86H167NO8. The molecule has 9 nitrogen and oxygen atoms in total. The molecule has 95 heavy (non-hydrogen) atoms. The minimum absolute atomic E-state index is 0.165. The fraction of sp³-hybridized carbons (Fsp3) is 0.942. The Hall–Kier alpha value is -1.33. The van der Waals surface area contributed by atoms with Crippen LogP contribution in [0, 0.1) is 0 Å². The second-order valence-electron chi connectivity index (χ2n) is 30.3. The van der Waals surface area contributed by atoms with Gasteiger partial charge in [0.1, 0.15) is 24.4 Å². The Kier molecular flexibility index (Phi) is 72.7. The predicted octanol–water partition coefficient (Wildman–Crippen LogP) is 25.1. The number of ether oxygens (including phenoxy) is 2. The molecule has 1 saturated heterocycles. The van der Waals surface area contributed by atoms with Gasteiger partial charge in [-0.2, -0.15) is 0 Å². The Morgan fingerprint density at radius 2 is 0.589 bits per heavy atom. The molecule has 0 bridgehead atoms. The maximum Gasteiger partial charge on any atom is 0.220 e. The van der Waals surface area contributed by atoms with Crippen molar-refractivity contribution in [1.82, 2.24) is 5.32 Å². The molecule has 0 aromatic heterocycles. The first-order valence-electron chi connectivity index (χ1n) is 43.1. The van der Waals surface area contributed by atoms with Crippen molar-refractivity contribution in [3.63, 3.8) is 0 Å². The molecule has 7 unspecified atom stereocenters. The molecule has 9 heteroatoms. The lowest BCUT2D eigenvalue weighted by Gasteiger charge is -2.40. The zero-order valence-electron chi connectivity index (χ0n) is 63.7. The summed E-state index contributed by atoms with van der Waals surface area (Å²) >= 11 is 0. The molecule has 0 aromatic carbocycles. The van der Waals surface area contributed by atoms with Crippen LogP contribution in [0.2, 0.25) is 0 Å². The van der Waals surface area contributed by atoms with Gasteiger partial charge in [-0.25, -0.2) is 0 Å². The third kappa shape index (κ3) is 63.3. The third-order valence-corrected chi connectivity index (χ3v) is 21.0. The van der Waals surface area contributed by atoms with Gasteiger partial charge in [-0.3, -0.25) is 4.79 Å². The van der Waals surface area contributed by atoms with Crippen LogP contribution in [0.5, 0.6) is 0 Å². The lowest BCUT2D eigenvalue weighted by Crippen LogP contribution is -2.60. The second kappa shape index (κ2) is 75.3. The SMILES string of the molecule is CCCCCCCCCC/C=C\CCCCCCCCCCCCCCCCCCCCCCCCCCCCCC(=O)NC(COC1OC(CO)C(O)C(O)C1O)C(O)/C=C/CCCCCCCCCCCCCCCCCCCCCCCCCCCCCCCCC. The molecule has 0 saturated carbocycles. The zero-order valence-corrected chi connectivity index (χ0v) is 63.7. The first-order valence-corrected chi connectivity index (χ1v) is 43.1. The average molecular weight is 1340 g/mol. The van der Waals surface area contributed by atoms with Crippen LogP contribution in [0.4, 0.5) is 0 Å². The van der Waals surface area contributed by atoms with Crippen molar-refractivity contribution < 1.29 is 39.8 Å². The number of carbonyl (C=O) groups is 1. The van der Waals surface area contributed by atoms with Gasteiger partial charge in [0, 0.05) is 6.42 Å². The van der Waals surface area contributed by atoms with E-state index in [9.17, 15) is 30.3 Å². The van der Waals surface area contributed by atoms with E-state index < -0.39 is 49.5 Å². The van der Waals surface area contributed by atoms with Gasteiger partial charge in [-0.15, -0.1) is 0 Å². The van der Waals surface area contributed by atoms with E-state index in [-0.39, 0.29) is 12.5 Å². The fourth-order valence-corrected chi connectivity index (χ4v) is 14.3. The van der Waals surface area contributed by atoms with E-state index in [1.165, 1.54) is 405 Å². The molecule has 7 atom stereocenters. The van der Waals surface area contributed by atoms with E-state index in [1.54, 1.807) is 6.08 Å². The van der Waals surface area contributed by atoms with Gasteiger partial charge in [-0.1, -0.05) is 436 Å². The van der Waals surface area contributed by atoms with Crippen LogP contribution in [0.3, 0.4) is 0 Å². The number of amides is 1. The van der Waals surface area contributed by atoms with Crippen molar-refractivity contribution in [3.8, 4) is 0 Å². The normalized spacial score (nSPS) is 17.5. The molecule has 564 valence electrons. The molecule has 1 aliphatic heterocycles. The van der Waals surface area contributed by atoms with Gasteiger partial charge >= 0.3 is 0 Å². The summed E-state index contributed by atoms with van der Waals surface area (Å²) in [4.78, 5) is 13.2. The summed E-state index contributed by atoms with van der Waals surface area (Å²) in [5.74, 6) is -0.165. The minimum Gasteiger partial charge on any atom is -0.394 e. The maximum atomic E-state index is 13.2. The number of hydrogen-bond acceptors (Lipinski definition) is 8. The molecule has 6 N–H and O–H groups in total. The highest BCUT2D eigenvalue weighted by molar-refractivity contribution is 5.76. The molecule has 0 radical (unpaired) electrons. The van der Waals surface area contributed by atoms with Gasteiger partial charge in [0.25, 0.3) is 0 Å². The van der Waals surface area contributed by atoms with Crippen molar-refractivity contribution in [1.29, 1.82) is 0 Å². The number of hydrogen-bond donors (Lipinski definition) is 6. The van der Waals surface area contributed by atoms with E-state index in [2.05, 4.69) is 31.3 Å². The van der Waals surface area contributed by atoms with E-state index in [0.29, 0.717) is 6.42 Å². The molecule has 0 spiro atoms. The lowest BCUT2D eigenvalue weighted by molar-refractivity contribution is -0.302. The number of aliphatic hydroxyl groups is 5. The summed E-state index contributed by atoms with van der Waals surface area (Å²) in [6.45, 7) is 3.86. The van der Waals surface area contributed by atoms with E-state index in [1.807, 2.05) is 6.08 Å². The van der Waals surface area contributed by atoms with Crippen LogP contribution in [0.25, 0.3) is 0 Å². The summed E-state index contributed by atoms with van der Waals surface area (Å²) in [5.41, 5.74) is 0. The molecule has 0 aromatic rings. The Morgan fingerprint density at radius 1 is 0.347 bits per heavy atom. The van der Waals surface area contributed by atoms with Gasteiger partial charge < -0.3 is 40.3 Å². The van der Waals surface area contributed by atoms with Gasteiger partial charge in [0.2, 0.25) is 5.91 Å². The molecular weight excluding hydrogens is 1170 g/mol. The van der Waals surface area contributed by atoms with Crippen LogP contribution in [-0.4, -0.2) is 87.5 Å². The number of carbonyl (C=O) groups excluding carboxylic acids is 1. The average Bonchev–Trinajstić information content (AvgIpc) is 0.836. The Labute approximate surface area is 591 Å².